The van der Waals surface area contributed by atoms with Gasteiger partial charge in [-0.2, -0.15) is 0 Å². The monoisotopic (exact) mass is 173 g/mol. The fraction of sp³-hybridized carbons (Fsp3) is 0.889. The molecule has 0 aliphatic heterocycles. The highest BCUT2D eigenvalue weighted by Crippen LogP contribution is 2.02. The lowest BCUT2D eigenvalue weighted by atomic mass is 10.2. The van der Waals surface area contributed by atoms with Crippen molar-refractivity contribution in [1.82, 2.24) is 0 Å². The fourth-order valence-corrected chi connectivity index (χ4v) is 0.941. The molecule has 0 aromatic rings. The summed E-state index contributed by atoms with van der Waals surface area (Å²) in [5, 5.41) is 0. The van der Waals surface area contributed by atoms with Crippen molar-refractivity contribution >= 4 is 5.97 Å². The van der Waals surface area contributed by atoms with Crippen molar-refractivity contribution in [2.75, 3.05) is 13.2 Å². The molecule has 0 aromatic heterocycles. The van der Waals surface area contributed by atoms with Crippen LogP contribution in [-0.4, -0.2) is 19.1 Å². The molecule has 0 atom stereocenters. The van der Waals surface area contributed by atoms with E-state index < -0.39 is 0 Å². The Balaban J connectivity index is 3.08. The van der Waals surface area contributed by atoms with Crippen LogP contribution in [0.15, 0.2) is 0 Å². The minimum atomic E-state index is -0.114. The molecule has 0 radical (unpaired) electrons. The predicted molar refractivity (Wildman–Crippen MR) is 48.8 cm³/mol. The zero-order valence-corrected chi connectivity index (χ0v) is 7.84. The van der Waals surface area contributed by atoms with Crippen molar-refractivity contribution in [1.29, 1.82) is 0 Å². The lowest BCUT2D eigenvalue weighted by molar-refractivity contribution is -0.143. The number of unbranched alkanes of at least 4 members (excludes halogenated alkanes) is 3. The van der Waals surface area contributed by atoms with E-state index in [2.05, 4.69) is 6.92 Å². The number of hydrogen-bond acceptors (Lipinski definition) is 3. The first-order valence-electron chi connectivity index (χ1n) is 4.67. The lowest BCUT2D eigenvalue weighted by Gasteiger charge is -2.01. The molecule has 0 fully saturated rings. The van der Waals surface area contributed by atoms with Crippen LogP contribution in [-0.2, 0) is 9.53 Å². The molecule has 0 saturated carbocycles. The van der Waals surface area contributed by atoms with Crippen LogP contribution in [0.2, 0.25) is 0 Å². The van der Waals surface area contributed by atoms with Gasteiger partial charge in [-0.15, -0.1) is 0 Å². The average Bonchev–Trinajstić information content (AvgIpc) is 2.09. The Kier molecular flexibility index (Phi) is 8.12. The van der Waals surface area contributed by atoms with Gasteiger partial charge in [-0.25, -0.2) is 0 Å². The van der Waals surface area contributed by atoms with E-state index in [1.165, 1.54) is 12.8 Å². The van der Waals surface area contributed by atoms with Gasteiger partial charge in [0.15, 0.2) is 0 Å². The summed E-state index contributed by atoms with van der Waals surface area (Å²) in [7, 11) is 0. The van der Waals surface area contributed by atoms with Crippen molar-refractivity contribution in [3.8, 4) is 0 Å². The first-order chi connectivity index (χ1) is 5.81. The van der Waals surface area contributed by atoms with Crippen LogP contribution < -0.4 is 5.73 Å². The molecule has 72 valence electrons. The molecule has 0 aliphatic carbocycles. The van der Waals surface area contributed by atoms with E-state index in [9.17, 15) is 4.79 Å². The van der Waals surface area contributed by atoms with Crippen LogP contribution in [0.4, 0.5) is 0 Å². The van der Waals surface area contributed by atoms with Crippen molar-refractivity contribution in [3.63, 3.8) is 0 Å². The van der Waals surface area contributed by atoms with Gasteiger partial charge in [0.25, 0.3) is 0 Å². The van der Waals surface area contributed by atoms with Crippen molar-refractivity contribution in [3.05, 3.63) is 0 Å². The Morgan fingerprint density at radius 1 is 1.33 bits per heavy atom. The Morgan fingerprint density at radius 3 is 2.67 bits per heavy atom. The van der Waals surface area contributed by atoms with Gasteiger partial charge in [-0.3, -0.25) is 4.79 Å². The summed E-state index contributed by atoms with van der Waals surface area (Å²) in [6, 6.07) is 0. The third-order valence-electron chi connectivity index (χ3n) is 1.62. The van der Waals surface area contributed by atoms with E-state index in [0.29, 0.717) is 19.6 Å². The molecule has 2 N–H and O–H groups in total. The molecule has 0 aliphatic rings. The van der Waals surface area contributed by atoms with Gasteiger partial charge in [0, 0.05) is 13.0 Å². The molecule has 0 aromatic carbocycles. The van der Waals surface area contributed by atoms with Gasteiger partial charge >= 0.3 is 5.97 Å². The highest BCUT2D eigenvalue weighted by molar-refractivity contribution is 5.69. The molecule has 3 heteroatoms. The Morgan fingerprint density at radius 2 is 2.08 bits per heavy atom. The second-order valence-electron chi connectivity index (χ2n) is 2.82. The summed E-state index contributed by atoms with van der Waals surface area (Å²) in [6.07, 6.45) is 4.99. The number of esters is 1. The highest BCUT2D eigenvalue weighted by atomic mass is 16.5. The lowest BCUT2D eigenvalue weighted by Crippen LogP contribution is -2.13. The second kappa shape index (κ2) is 8.53. The number of hydrogen-bond donors (Lipinski definition) is 1. The highest BCUT2D eigenvalue weighted by Gasteiger charge is 2.00. The molecule has 3 nitrogen and oxygen atoms in total. The Bertz CT molecular complexity index is 115. The van der Waals surface area contributed by atoms with Gasteiger partial charge in [-0.1, -0.05) is 26.2 Å². The summed E-state index contributed by atoms with van der Waals surface area (Å²) in [6.45, 7) is 2.92. The third kappa shape index (κ3) is 7.54. The number of carbonyl (C=O) groups is 1. The van der Waals surface area contributed by atoms with Crippen LogP contribution in [0.3, 0.4) is 0 Å². The first-order valence-corrected chi connectivity index (χ1v) is 4.67. The van der Waals surface area contributed by atoms with Crippen molar-refractivity contribution in [2.45, 2.75) is 39.0 Å². The molecule has 12 heavy (non-hydrogen) atoms. The molecule has 0 bridgehead atoms. The average molecular weight is 173 g/mol. The van der Waals surface area contributed by atoms with E-state index in [0.717, 1.165) is 12.8 Å². The molecule has 0 saturated heterocycles. The van der Waals surface area contributed by atoms with Crippen LogP contribution in [0.5, 0.6) is 0 Å². The number of rotatable bonds is 7. The van der Waals surface area contributed by atoms with Crippen LogP contribution >= 0.6 is 0 Å². The molecular weight excluding hydrogens is 154 g/mol. The summed E-state index contributed by atoms with van der Waals surface area (Å²) in [4.78, 5) is 10.9. The molecule has 0 amide bonds. The van der Waals surface area contributed by atoms with E-state index in [-0.39, 0.29) is 5.97 Å². The van der Waals surface area contributed by atoms with Gasteiger partial charge in [-0.05, 0) is 6.42 Å². The minimum Gasteiger partial charge on any atom is -0.464 e. The van der Waals surface area contributed by atoms with E-state index in [1.54, 1.807) is 0 Å². The second-order valence-corrected chi connectivity index (χ2v) is 2.82. The number of nitrogens with two attached hydrogens (primary N) is 1. The summed E-state index contributed by atoms with van der Waals surface area (Å²) in [5.74, 6) is -0.114. The molecule has 0 rings (SSSR count). The SMILES string of the molecule is CCCCCCC(=O)OCCN. The summed E-state index contributed by atoms with van der Waals surface area (Å²) in [5.41, 5.74) is 5.18. The number of ether oxygens (including phenoxy) is 1. The van der Waals surface area contributed by atoms with Gasteiger partial charge < -0.3 is 10.5 Å². The maximum Gasteiger partial charge on any atom is 0.305 e. The maximum atomic E-state index is 10.9. The van der Waals surface area contributed by atoms with Gasteiger partial charge in [0.05, 0.1) is 0 Å². The largest absolute Gasteiger partial charge is 0.464 e. The van der Waals surface area contributed by atoms with E-state index >= 15 is 0 Å². The zero-order valence-electron chi connectivity index (χ0n) is 7.84. The normalized spacial score (nSPS) is 9.83. The third-order valence-corrected chi connectivity index (χ3v) is 1.62. The van der Waals surface area contributed by atoms with Gasteiger partial charge in [0.2, 0.25) is 0 Å². The Hall–Kier alpha value is -0.570. The van der Waals surface area contributed by atoms with E-state index in [1.807, 2.05) is 0 Å². The number of carbonyl (C=O) groups excluding carboxylic acids is 1. The smallest absolute Gasteiger partial charge is 0.305 e. The summed E-state index contributed by atoms with van der Waals surface area (Å²) < 4.78 is 4.81. The Labute approximate surface area is 74.3 Å². The van der Waals surface area contributed by atoms with Crippen LogP contribution in [0.1, 0.15) is 39.0 Å². The topological polar surface area (TPSA) is 52.3 Å². The first kappa shape index (κ1) is 11.4. The molecule has 0 spiro atoms. The van der Waals surface area contributed by atoms with E-state index in [4.69, 9.17) is 10.5 Å². The molecule has 0 heterocycles. The van der Waals surface area contributed by atoms with Crippen LogP contribution in [0, 0.1) is 0 Å². The predicted octanol–water partition coefficient (Wildman–Crippen LogP) is 1.46. The van der Waals surface area contributed by atoms with Crippen molar-refractivity contribution < 1.29 is 9.53 Å². The maximum absolute atomic E-state index is 10.9. The summed E-state index contributed by atoms with van der Waals surface area (Å²) >= 11 is 0. The van der Waals surface area contributed by atoms with Gasteiger partial charge in [0.1, 0.15) is 6.61 Å². The fourth-order valence-electron chi connectivity index (χ4n) is 0.941. The quantitative estimate of drug-likeness (QED) is 0.468. The standard InChI is InChI=1S/C9H19NO2/c1-2-3-4-5-6-9(11)12-8-7-10/h2-8,10H2,1H3. The minimum absolute atomic E-state index is 0.114. The molecular formula is C9H19NO2. The van der Waals surface area contributed by atoms with Crippen LogP contribution in [0.25, 0.3) is 0 Å². The molecule has 0 unspecified atom stereocenters. The van der Waals surface area contributed by atoms with Crippen molar-refractivity contribution in [2.24, 2.45) is 5.73 Å². The zero-order chi connectivity index (χ0) is 9.23.